The minimum Gasteiger partial charge on any atom is -0.493 e. The third kappa shape index (κ3) is 3.44. The molecule has 2 aromatic rings. The van der Waals surface area contributed by atoms with Crippen LogP contribution in [0.2, 0.25) is 0 Å². The predicted molar refractivity (Wildman–Crippen MR) is 84.4 cm³/mol. The SMILES string of the molecule is COc1ccc(NS(=O)(=O)c2cc(F)c(Br)c(F)c2F)cc1OC. The molecule has 5 nitrogen and oxygen atoms in total. The maximum Gasteiger partial charge on any atom is 0.265 e. The highest BCUT2D eigenvalue weighted by molar-refractivity contribution is 9.10. The number of halogens is 4. The van der Waals surface area contributed by atoms with E-state index < -0.39 is 36.8 Å². The number of hydrogen-bond acceptors (Lipinski definition) is 4. The summed E-state index contributed by atoms with van der Waals surface area (Å²) in [5.41, 5.74) is -0.00390. The van der Waals surface area contributed by atoms with Gasteiger partial charge in [0.2, 0.25) is 0 Å². The van der Waals surface area contributed by atoms with Crippen LogP contribution in [0.3, 0.4) is 0 Å². The molecule has 0 aromatic heterocycles. The van der Waals surface area contributed by atoms with E-state index in [1.165, 1.54) is 32.4 Å². The Hall–Kier alpha value is -1.94. The van der Waals surface area contributed by atoms with Gasteiger partial charge in [-0.2, -0.15) is 0 Å². The average molecular weight is 426 g/mol. The second kappa shape index (κ2) is 6.89. The number of rotatable bonds is 5. The third-order valence-corrected chi connectivity index (χ3v) is 5.10. The molecule has 1 N–H and O–H groups in total. The number of sulfonamides is 1. The van der Waals surface area contributed by atoms with Gasteiger partial charge in [0, 0.05) is 6.07 Å². The van der Waals surface area contributed by atoms with Crippen molar-refractivity contribution in [1.29, 1.82) is 0 Å². The van der Waals surface area contributed by atoms with E-state index in [0.29, 0.717) is 11.8 Å². The minimum atomic E-state index is -4.57. The van der Waals surface area contributed by atoms with Crippen LogP contribution in [0.4, 0.5) is 18.9 Å². The number of hydrogen-bond donors (Lipinski definition) is 1. The molecule has 0 bridgehead atoms. The van der Waals surface area contributed by atoms with Crippen LogP contribution < -0.4 is 14.2 Å². The summed E-state index contributed by atoms with van der Waals surface area (Å²) in [6.07, 6.45) is 0. The molecule has 0 saturated carbocycles. The van der Waals surface area contributed by atoms with Crippen molar-refractivity contribution < 1.29 is 31.1 Å². The summed E-state index contributed by atoms with van der Waals surface area (Å²) in [6, 6.07) is 4.39. The Morgan fingerprint density at radius 1 is 1.00 bits per heavy atom. The summed E-state index contributed by atoms with van der Waals surface area (Å²) >= 11 is 2.50. The summed E-state index contributed by atoms with van der Waals surface area (Å²) in [7, 11) is -1.84. The molecule has 2 rings (SSSR count). The molecule has 24 heavy (non-hydrogen) atoms. The molecule has 0 aliphatic rings. The van der Waals surface area contributed by atoms with Gasteiger partial charge in [0.1, 0.15) is 10.7 Å². The lowest BCUT2D eigenvalue weighted by atomic mass is 10.3. The summed E-state index contributed by atoms with van der Waals surface area (Å²) in [6.45, 7) is 0. The Labute approximate surface area is 144 Å². The van der Waals surface area contributed by atoms with Crippen LogP contribution in [0, 0.1) is 17.5 Å². The number of methoxy groups -OCH3 is 2. The van der Waals surface area contributed by atoms with Gasteiger partial charge in [0.25, 0.3) is 10.0 Å². The zero-order valence-electron chi connectivity index (χ0n) is 12.4. The van der Waals surface area contributed by atoms with Gasteiger partial charge in [-0.25, -0.2) is 21.6 Å². The fourth-order valence-electron chi connectivity index (χ4n) is 1.86. The maximum absolute atomic E-state index is 13.9. The lowest BCUT2D eigenvalue weighted by Gasteiger charge is -2.13. The second-order valence-corrected chi connectivity index (χ2v) is 6.92. The average Bonchev–Trinajstić information content (AvgIpc) is 2.55. The molecule has 0 unspecified atom stereocenters. The first kappa shape index (κ1) is 18.4. The Balaban J connectivity index is 2.46. The molecular formula is C14H11BrF3NO4S. The topological polar surface area (TPSA) is 64.6 Å². The molecule has 0 atom stereocenters. The molecule has 0 radical (unpaired) electrons. The Kier molecular flexibility index (Phi) is 5.29. The van der Waals surface area contributed by atoms with Crippen LogP contribution >= 0.6 is 15.9 Å². The molecule has 130 valence electrons. The van der Waals surface area contributed by atoms with Crippen molar-refractivity contribution in [2.24, 2.45) is 0 Å². The summed E-state index contributed by atoms with van der Waals surface area (Å²) in [5, 5.41) is 0. The highest BCUT2D eigenvalue weighted by Crippen LogP contribution is 2.32. The molecule has 10 heteroatoms. The standard InChI is InChI=1S/C14H11BrF3NO4S/c1-22-9-4-3-7(5-10(9)23-2)19-24(20,21)11-6-8(16)12(15)14(18)13(11)17/h3-6,19H,1-2H3. The zero-order valence-corrected chi connectivity index (χ0v) is 14.8. The second-order valence-electron chi connectivity index (χ2n) is 4.47. The van der Waals surface area contributed by atoms with E-state index >= 15 is 0 Å². The molecular weight excluding hydrogens is 415 g/mol. The fraction of sp³-hybridized carbons (Fsp3) is 0.143. The molecule has 0 heterocycles. The normalized spacial score (nSPS) is 11.2. The largest absolute Gasteiger partial charge is 0.493 e. The molecule has 0 saturated heterocycles. The zero-order chi connectivity index (χ0) is 18.1. The Morgan fingerprint density at radius 3 is 2.21 bits per heavy atom. The lowest BCUT2D eigenvalue weighted by molar-refractivity contribution is 0.355. The van der Waals surface area contributed by atoms with Gasteiger partial charge in [-0.15, -0.1) is 0 Å². The highest BCUT2D eigenvalue weighted by Gasteiger charge is 2.26. The monoisotopic (exact) mass is 425 g/mol. The molecule has 0 spiro atoms. The molecule has 2 aromatic carbocycles. The van der Waals surface area contributed by atoms with Gasteiger partial charge in [-0.1, -0.05) is 0 Å². The van der Waals surface area contributed by atoms with Crippen LogP contribution in [0.1, 0.15) is 0 Å². The van der Waals surface area contributed by atoms with Gasteiger partial charge >= 0.3 is 0 Å². The van der Waals surface area contributed by atoms with Gasteiger partial charge in [-0.05, 0) is 34.1 Å². The van der Waals surface area contributed by atoms with Crippen LogP contribution in [0.5, 0.6) is 11.5 Å². The third-order valence-electron chi connectivity index (χ3n) is 2.99. The van der Waals surface area contributed by atoms with Crippen LogP contribution in [-0.2, 0) is 10.0 Å². The Bertz CT molecular complexity index is 890. The first-order valence-electron chi connectivity index (χ1n) is 6.29. The van der Waals surface area contributed by atoms with Crippen LogP contribution in [0.15, 0.2) is 33.6 Å². The van der Waals surface area contributed by atoms with Gasteiger partial charge < -0.3 is 9.47 Å². The minimum absolute atomic E-state index is 0.00390. The van der Waals surface area contributed by atoms with E-state index in [1.807, 2.05) is 4.72 Å². The van der Waals surface area contributed by atoms with E-state index in [9.17, 15) is 21.6 Å². The van der Waals surface area contributed by atoms with E-state index in [0.717, 1.165) is 0 Å². The van der Waals surface area contributed by atoms with Crippen molar-refractivity contribution in [2.75, 3.05) is 18.9 Å². The molecule has 0 fully saturated rings. The first-order valence-corrected chi connectivity index (χ1v) is 8.56. The van der Waals surface area contributed by atoms with Gasteiger partial charge in [-0.3, -0.25) is 4.72 Å². The number of anilines is 1. The van der Waals surface area contributed by atoms with E-state index in [1.54, 1.807) is 0 Å². The Morgan fingerprint density at radius 2 is 1.62 bits per heavy atom. The summed E-state index contributed by atoms with van der Waals surface area (Å²) in [4.78, 5) is -1.16. The molecule has 0 aliphatic carbocycles. The van der Waals surface area contributed by atoms with E-state index in [4.69, 9.17) is 9.47 Å². The quantitative estimate of drug-likeness (QED) is 0.586. The van der Waals surface area contributed by atoms with Gasteiger partial charge in [0.15, 0.2) is 23.1 Å². The van der Waals surface area contributed by atoms with Crippen molar-refractivity contribution in [3.05, 3.63) is 46.2 Å². The van der Waals surface area contributed by atoms with E-state index in [-0.39, 0.29) is 11.4 Å². The highest BCUT2D eigenvalue weighted by atomic mass is 79.9. The fourth-order valence-corrected chi connectivity index (χ4v) is 3.28. The molecule has 0 aliphatic heterocycles. The summed E-state index contributed by atoms with van der Waals surface area (Å²) < 4.78 is 76.6. The lowest BCUT2D eigenvalue weighted by Crippen LogP contribution is -2.16. The van der Waals surface area contributed by atoms with Crippen molar-refractivity contribution in [3.63, 3.8) is 0 Å². The number of nitrogens with one attached hydrogen (secondary N) is 1. The van der Waals surface area contributed by atoms with Crippen molar-refractivity contribution in [2.45, 2.75) is 4.90 Å². The smallest absolute Gasteiger partial charge is 0.265 e. The van der Waals surface area contributed by atoms with Crippen molar-refractivity contribution in [1.82, 2.24) is 0 Å². The van der Waals surface area contributed by atoms with E-state index in [2.05, 4.69) is 15.9 Å². The summed E-state index contributed by atoms with van der Waals surface area (Å²) in [5.74, 6) is -4.03. The number of ether oxygens (including phenoxy) is 2. The first-order chi connectivity index (χ1) is 11.2. The van der Waals surface area contributed by atoms with Crippen molar-refractivity contribution in [3.8, 4) is 11.5 Å². The molecule has 0 amide bonds. The van der Waals surface area contributed by atoms with Gasteiger partial charge in [0.05, 0.1) is 24.4 Å². The van der Waals surface area contributed by atoms with Crippen LogP contribution in [-0.4, -0.2) is 22.6 Å². The van der Waals surface area contributed by atoms with Crippen molar-refractivity contribution >= 4 is 31.6 Å². The predicted octanol–water partition coefficient (Wildman–Crippen LogP) is 3.68. The number of benzene rings is 2. The van der Waals surface area contributed by atoms with Crippen LogP contribution in [0.25, 0.3) is 0 Å². The maximum atomic E-state index is 13.9.